The smallest absolute Gasteiger partial charge is 0.274 e. The Bertz CT molecular complexity index is 887. The quantitative estimate of drug-likeness (QED) is 0.743. The average molecular weight is 332 g/mol. The topological polar surface area (TPSA) is 66.9 Å². The Kier molecular flexibility index (Phi) is 4.75. The Morgan fingerprint density at radius 2 is 1.56 bits per heavy atom. The molecule has 0 bridgehead atoms. The van der Waals surface area contributed by atoms with Gasteiger partial charge in [-0.25, -0.2) is 9.97 Å². The van der Waals surface area contributed by atoms with Crippen molar-refractivity contribution in [1.82, 2.24) is 9.97 Å². The normalized spacial score (nSPS) is 10.4. The van der Waals surface area contributed by atoms with E-state index in [2.05, 4.69) is 20.6 Å². The van der Waals surface area contributed by atoms with Gasteiger partial charge in [0.15, 0.2) is 0 Å². The van der Waals surface area contributed by atoms with Crippen molar-refractivity contribution >= 4 is 23.2 Å². The fraction of sp³-hybridized carbons (Fsp3) is 0.150. The number of nitrogens with zero attached hydrogens (tertiary/aromatic N) is 2. The van der Waals surface area contributed by atoms with Crippen LogP contribution in [0.1, 0.15) is 27.3 Å². The van der Waals surface area contributed by atoms with Crippen molar-refractivity contribution in [3.05, 3.63) is 77.1 Å². The van der Waals surface area contributed by atoms with Gasteiger partial charge in [0, 0.05) is 17.1 Å². The molecule has 0 aliphatic carbocycles. The molecule has 3 rings (SSSR count). The molecule has 126 valence electrons. The predicted octanol–water partition coefficient (Wildman–Crippen LogP) is 4.40. The number of rotatable bonds is 4. The third-order valence-electron chi connectivity index (χ3n) is 3.84. The van der Waals surface area contributed by atoms with Crippen LogP contribution in [-0.4, -0.2) is 15.9 Å². The molecule has 1 aromatic heterocycles. The molecule has 0 radical (unpaired) electrons. The predicted molar refractivity (Wildman–Crippen MR) is 100 cm³/mol. The minimum Gasteiger partial charge on any atom is -0.324 e. The second-order valence-electron chi connectivity index (χ2n) is 5.93. The molecule has 0 saturated heterocycles. The van der Waals surface area contributed by atoms with Gasteiger partial charge in [0.1, 0.15) is 5.69 Å². The van der Waals surface area contributed by atoms with E-state index in [1.165, 1.54) is 0 Å². The fourth-order valence-corrected chi connectivity index (χ4v) is 2.58. The van der Waals surface area contributed by atoms with Crippen molar-refractivity contribution in [2.75, 3.05) is 10.6 Å². The van der Waals surface area contributed by atoms with Crippen molar-refractivity contribution in [3.63, 3.8) is 0 Å². The van der Waals surface area contributed by atoms with Crippen LogP contribution in [-0.2, 0) is 0 Å². The fourth-order valence-electron chi connectivity index (χ4n) is 2.58. The highest BCUT2D eigenvalue weighted by molar-refractivity contribution is 6.03. The van der Waals surface area contributed by atoms with Gasteiger partial charge in [0.25, 0.3) is 5.91 Å². The minimum atomic E-state index is -0.263. The van der Waals surface area contributed by atoms with Crippen molar-refractivity contribution < 1.29 is 4.79 Å². The highest BCUT2D eigenvalue weighted by Crippen LogP contribution is 2.23. The highest BCUT2D eigenvalue weighted by Gasteiger charge is 2.12. The van der Waals surface area contributed by atoms with Gasteiger partial charge < -0.3 is 10.6 Å². The number of hydrogen-bond donors (Lipinski definition) is 2. The molecule has 5 nitrogen and oxygen atoms in total. The van der Waals surface area contributed by atoms with Gasteiger partial charge in [0.2, 0.25) is 5.95 Å². The molecule has 0 atom stereocenters. The van der Waals surface area contributed by atoms with Crippen LogP contribution in [0.4, 0.5) is 17.3 Å². The van der Waals surface area contributed by atoms with Crippen LogP contribution in [0.15, 0.2) is 54.6 Å². The summed E-state index contributed by atoms with van der Waals surface area (Å²) in [7, 11) is 0. The standard InChI is InChI=1S/C20H20N4O/c1-13-8-7-9-14(2)18(13)24-20-21-15(3)12-17(23-20)19(25)22-16-10-5-4-6-11-16/h4-12H,1-3H3,(H,22,25)(H,21,23,24). The van der Waals surface area contributed by atoms with E-state index >= 15 is 0 Å². The molecular weight excluding hydrogens is 312 g/mol. The lowest BCUT2D eigenvalue weighted by atomic mass is 10.1. The monoisotopic (exact) mass is 332 g/mol. The van der Waals surface area contributed by atoms with Crippen LogP contribution in [0.2, 0.25) is 0 Å². The number of nitrogens with one attached hydrogen (secondary N) is 2. The van der Waals surface area contributed by atoms with E-state index in [9.17, 15) is 4.79 Å². The summed E-state index contributed by atoms with van der Waals surface area (Å²) in [6.45, 7) is 5.89. The van der Waals surface area contributed by atoms with Crippen LogP contribution in [0, 0.1) is 20.8 Å². The zero-order chi connectivity index (χ0) is 17.8. The third kappa shape index (κ3) is 4.01. The molecule has 5 heteroatoms. The van der Waals surface area contributed by atoms with Crippen LogP contribution < -0.4 is 10.6 Å². The summed E-state index contributed by atoms with van der Waals surface area (Å²) < 4.78 is 0. The first-order chi connectivity index (χ1) is 12.0. The minimum absolute atomic E-state index is 0.263. The number of carbonyl (C=O) groups is 1. The maximum atomic E-state index is 12.5. The van der Waals surface area contributed by atoms with Crippen molar-refractivity contribution in [3.8, 4) is 0 Å². The number of aromatic nitrogens is 2. The second kappa shape index (κ2) is 7.13. The molecule has 3 aromatic rings. The average Bonchev–Trinajstić information content (AvgIpc) is 2.59. The van der Waals surface area contributed by atoms with Crippen LogP contribution in [0.3, 0.4) is 0 Å². The molecule has 2 N–H and O–H groups in total. The van der Waals surface area contributed by atoms with Crippen LogP contribution >= 0.6 is 0 Å². The van der Waals surface area contributed by atoms with Gasteiger partial charge in [-0.15, -0.1) is 0 Å². The number of carbonyl (C=O) groups excluding carboxylic acids is 1. The summed E-state index contributed by atoms with van der Waals surface area (Å²) >= 11 is 0. The lowest BCUT2D eigenvalue weighted by molar-refractivity contribution is 0.102. The zero-order valence-corrected chi connectivity index (χ0v) is 14.5. The van der Waals surface area contributed by atoms with E-state index in [-0.39, 0.29) is 5.91 Å². The Morgan fingerprint density at radius 1 is 0.880 bits per heavy atom. The number of amides is 1. The summed E-state index contributed by atoms with van der Waals surface area (Å²) in [4.78, 5) is 21.2. The van der Waals surface area contributed by atoms with E-state index < -0.39 is 0 Å². The van der Waals surface area contributed by atoms with Gasteiger partial charge >= 0.3 is 0 Å². The van der Waals surface area contributed by atoms with E-state index in [4.69, 9.17) is 0 Å². The molecular formula is C20H20N4O. The van der Waals surface area contributed by atoms with Crippen molar-refractivity contribution in [2.45, 2.75) is 20.8 Å². The summed E-state index contributed by atoms with van der Waals surface area (Å²) in [6, 6.07) is 17.0. The number of aryl methyl sites for hydroxylation is 3. The molecule has 1 amide bonds. The summed E-state index contributed by atoms with van der Waals surface area (Å²) in [5.41, 5.74) is 4.93. The number of para-hydroxylation sites is 2. The first-order valence-electron chi connectivity index (χ1n) is 8.08. The molecule has 1 heterocycles. The van der Waals surface area contributed by atoms with Crippen molar-refractivity contribution in [2.24, 2.45) is 0 Å². The van der Waals surface area contributed by atoms with Gasteiger partial charge in [-0.3, -0.25) is 4.79 Å². The highest BCUT2D eigenvalue weighted by atomic mass is 16.1. The lowest BCUT2D eigenvalue weighted by Crippen LogP contribution is -2.15. The SMILES string of the molecule is Cc1cc(C(=O)Nc2ccccc2)nc(Nc2c(C)cccc2C)n1. The molecule has 0 aliphatic heterocycles. The maximum Gasteiger partial charge on any atom is 0.274 e. The Morgan fingerprint density at radius 3 is 2.24 bits per heavy atom. The second-order valence-corrected chi connectivity index (χ2v) is 5.93. The Balaban J connectivity index is 1.87. The van der Waals surface area contributed by atoms with E-state index in [0.29, 0.717) is 11.6 Å². The zero-order valence-electron chi connectivity index (χ0n) is 14.5. The van der Waals surface area contributed by atoms with E-state index in [1.807, 2.05) is 69.3 Å². The lowest BCUT2D eigenvalue weighted by Gasteiger charge is -2.12. The van der Waals surface area contributed by atoms with Gasteiger partial charge in [0.05, 0.1) is 0 Å². The number of hydrogen-bond acceptors (Lipinski definition) is 4. The first-order valence-corrected chi connectivity index (χ1v) is 8.08. The molecule has 0 aliphatic rings. The van der Waals surface area contributed by atoms with Gasteiger partial charge in [-0.05, 0) is 50.1 Å². The van der Waals surface area contributed by atoms with Crippen molar-refractivity contribution in [1.29, 1.82) is 0 Å². The first kappa shape index (κ1) is 16.6. The summed E-state index contributed by atoms with van der Waals surface area (Å²) in [5.74, 6) is 0.150. The number of benzene rings is 2. The Hall–Kier alpha value is -3.21. The molecule has 25 heavy (non-hydrogen) atoms. The summed E-state index contributed by atoms with van der Waals surface area (Å²) in [6.07, 6.45) is 0. The maximum absolute atomic E-state index is 12.5. The molecule has 2 aromatic carbocycles. The van der Waals surface area contributed by atoms with E-state index in [1.54, 1.807) is 6.07 Å². The van der Waals surface area contributed by atoms with Gasteiger partial charge in [-0.1, -0.05) is 36.4 Å². The van der Waals surface area contributed by atoms with Gasteiger partial charge in [-0.2, -0.15) is 0 Å². The van der Waals surface area contributed by atoms with E-state index in [0.717, 1.165) is 28.2 Å². The molecule has 0 unspecified atom stereocenters. The summed E-state index contributed by atoms with van der Waals surface area (Å²) in [5, 5.41) is 6.08. The molecule has 0 saturated carbocycles. The van der Waals surface area contributed by atoms with Crippen LogP contribution in [0.25, 0.3) is 0 Å². The Labute approximate surface area is 147 Å². The third-order valence-corrected chi connectivity index (χ3v) is 3.84. The largest absolute Gasteiger partial charge is 0.324 e. The molecule has 0 spiro atoms. The van der Waals surface area contributed by atoms with Crippen LogP contribution in [0.5, 0.6) is 0 Å². The number of anilines is 3. The molecule has 0 fully saturated rings.